The van der Waals surface area contributed by atoms with Gasteiger partial charge in [0.15, 0.2) is 6.61 Å². The Labute approximate surface area is 173 Å². The van der Waals surface area contributed by atoms with Gasteiger partial charge in [0, 0.05) is 17.7 Å². The summed E-state index contributed by atoms with van der Waals surface area (Å²) >= 11 is 0. The molecule has 1 heterocycles. The van der Waals surface area contributed by atoms with Crippen molar-refractivity contribution in [3.8, 4) is 17.5 Å². The Morgan fingerprint density at radius 3 is 2.57 bits per heavy atom. The van der Waals surface area contributed by atoms with Crippen LogP contribution in [-0.2, 0) is 27.2 Å². The molecule has 3 aromatic rings. The molecular weight excluding hydrogens is 384 g/mol. The van der Waals surface area contributed by atoms with Crippen LogP contribution in [0, 0.1) is 18.3 Å². The number of benzene rings is 2. The molecule has 30 heavy (non-hydrogen) atoms. The highest BCUT2D eigenvalue weighted by Gasteiger charge is 2.13. The Balaban J connectivity index is 1.41. The molecule has 1 N–H and O–H groups in total. The number of esters is 1. The topological polar surface area (TPSA) is 118 Å². The summed E-state index contributed by atoms with van der Waals surface area (Å²) in [7, 11) is 0. The number of hydrogen-bond acceptors (Lipinski definition) is 7. The van der Waals surface area contributed by atoms with Gasteiger partial charge in [-0.1, -0.05) is 47.1 Å². The highest BCUT2D eigenvalue weighted by molar-refractivity contribution is 5.92. The molecular formula is C22H20N4O4. The van der Waals surface area contributed by atoms with E-state index >= 15 is 0 Å². The number of rotatable bonds is 8. The normalized spacial score (nSPS) is 10.3. The van der Waals surface area contributed by atoms with Crippen molar-refractivity contribution in [2.45, 2.75) is 26.2 Å². The zero-order valence-electron chi connectivity index (χ0n) is 16.4. The van der Waals surface area contributed by atoms with Crippen molar-refractivity contribution in [3.63, 3.8) is 0 Å². The summed E-state index contributed by atoms with van der Waals surface area (Å²) in [4.78, 5) is 28.1. The number of aryl methyl sites for hydroxylation is 2. The Hall–Kier alpha value is -3.99. The minimum Gasteiger partial charge on any atom is -0.456 e. The van der Waals surface area contributed by atoms with Gasteiger partial charge in [-0.2, -0.15) is 10.2 Å². The van der Waals surface area contributed by atoms with Crippen LogP contribution in [-0.4, -0.2) is 28.6 Å². The number of carbonyl (C=O) groups is 2. The summed E-state index contributed by atoms with van der Waals surface area (Å²) in [5.41, 5.74) is 3.38. The van der Waals surface area contributed by atoms with Gasteiger partial charge in [0.25, 0.3) is 5.91 Å². The summed E-state index contributed by atoms with van der Waals surface area (Å²) in [6.45, 7) is 1.60. The van der Waals surface area contributed by atoms with E-state index in [-0.39, 0.29) is 12.8 Å². The van der Waals surface area contributed by atoms with Gasteiger partial charge in [0.2, 0.25) is 11.7 Å². The first kappa shape index (κ1) is 20.7. The quantitative estimate of drug-likeness (QED) is 0.573. The zero-order valence-corrected chi connectivity index (χ0v) is 16.4. The first-order valence-corrected chi connectivity index (χ1v) is 9.34. The highest BCUT2D eigenvalue weighted by Crippen LogP contribution is 2.17. The molecule has 0 aliphatic rings. The minimum atomic E-state index is -0.537. The molecule has 8 heteroatoms. The molecule has 0 saturated carbocycles. The fourth-order valence-corrected chi connectivity index (χ4v) is 2.60. The number of anilines is 1. The Morgan fingerprint density at radius 1 is 1.13 bits per heavy atom. The van der Waals surface area contributed by atoms with Crippen LogP contribution in [0.15, 0.2) is 53.1 Å². The molecule has 0 saturated heterocycles. The molecule has 0 atom stereocenters. The van der Waals surface area contributed by atoms with E-state index in [4.69, 9.17) is 14.5 Å². The number of amides is 1. The van der Waals surface area contributed by atoms with Crippen molar-refractivity contribution in [3.05, 3.63) is 65.5 Å². The maximum atomic E-state index is 11.9. The van der Waals surface area contributed by atoms with Crippen molar-refractivity contribution in [2.75, 3.05) is 11.9 Å². The predicted molar refractivity (Wildman–Crippen MR) is 108 cm³/mol. The zero-order chi connectivity index (χ0) is 21.3. The molecule has 1 aromatic heterocycles. The molecule has 0 fully saturated rings. The third-order valence-corrected chi connectivity index (χ3v) is 4.21. The predicted octanol–water partition coefficient (Wildman–Crippen LogP) is 3.23. The lowest BCUT2D eigenvalue weighted by molar-refractivity contribution is -0.147. The second kappa shape index (κ2) is 9.98. The van der Waals surface area contributed by atoms with Crippen molar-refractivity contribution in [1.29, 1.82) is 5.26 Å². The molecule has 1 amide bonds. The average molecular weight is 404 g/mol. The molecule has 3 rings (SSSR count). The summed E-state index contributed by atoms with van der Waals surface area (Å²) in [5.74, 6) is -0.205. The molecule has 0 bridgehead atoms. The van der Waals surface area contributed by atoms with E-state index in [0.717, 1.165) is 16.7 Å². The van der Waals surface area contributed by atoms with Crippen molar-refractivity contribution in [1.82, 2.24) is 10.1 Å². The number of nitriles is 1. The van der Waals surface area contributed by atoms with E-state index in [1.807, 2.05) is 31.2 Å². The second-order valence-electron chi connectivity index (χ2n) is 6.62. The van der Waals surface area contributed by atoms with E-state index in [1.165, 1.54) is 0 Å². The average Bonchev–Trinajstić information content (AvgIpc) is 3.22. The third-order valence-electron chi connectivity index (χ3n) is 4.21. The lowest BCUT2D eigenvalue weighted by atomic mass is 10.1. The van der Waals surface area contributed by atoms with Gasteiger partial charge < -0.3 is 14.6 Å². The van der Waals surface area contributed by atoms with E-state index in [9.17, 15) is 9.59 Å². The Kier molecular flexibility index (Phi) is 6.90. The van der Waals surface area contributed by atoms with E-state index in [2.05, 4.69) is 21.5 Å². The summed E-state index contributed by atoms with van der Waals surface area (Å²) in [5, 5.41) is 15.2. The monoisotopic (exact) mass is 404 g/mol. The van der Waals surface area contributed by atoms with Crippen LogP contribution in [0.2, 0.25) is 0 Å². The van der Waals surface area contributed by atoms with E-state index < -0.39 is 18.5 Å². The smallest absolute Gasteiger partial charge is 0.306 e. The summed E-state index contributed by atoms with van der Waals surface area (Å²) in [6.07, 6.45) is 0.545. The van der Waals surface area contributed by atoms with Crippen LogP contribution >= 0.6 is 0 Å². The molecule has 8 nitrogen and oxygen atoms in total. The molecule has 152 valence electrons. The van der Waals surface area contributed by atoms with Crippen LogP contribution in [0.1, 0.15) is 23.4 Å². The first-order valence-electron chi connectivity index (χ1n) is 9.34. The highest BCUT2D eigenvalue weighted by atomic mass is 16.5. The first-order chi connectivity index (χ1) is 14.5. The lowest BCUT2D eigenvalue weighted by Crippen LogP contribution is -2.21. The maximum Gasteiger partial charge on any atom is 0.306 e. The van der Waals surface area contributed by atoms with E-state index in [1.54, 1.807) is 24.3 Å². The van der Waals surface area contributed by atoms with Gasteiger partial charge in [0.05, 0.1) is 18.9 Å². The number of carbonyl (C=O) groups excluding carboxylic acids is 2. The maximum absolute atomic E-state index is 11.9. The molecule has 0 aliphatic carbocycles. The fraction of sp³-hybridized carbons (Fsp3) is 0.227. The van der Waals surface area contributed by atoms with Crippen LogP contribution in [0.4, 0.5) is 5.69 Å². The summed E-state index contributed by atoms with van der Waals surface area (Å²) < 4.78 is 10.1. The lowest BCUT2D eigenvalue weighted by Gasteiger charge is -2.06. The fourth-order valence-electron chi connectivity index (χ4n) is 2.60. The van der Waals surface area contributed by atoms with Gasteiger partial charge in [-0.15, -0.1) is 0 Å². The standard InChI is InChI=1S/C22H20N4O4/c1-15-2-6-17(7-3-15)22-25-20(30-26-22)10-11-21(28)29-14-19(27)24-18-8-4-16(5-9-18)12-13-23/h2-9H,10-12,14H2,1H3,(H,24,27). The number of nitrogens with zero attached hydrogens (tertiary/aromatic N) is 3. The molecule has 0 radical (unpaired) electrons. The van der Waals surface area contributed by atoms with Crippen LogP contribution in [0.3, 0.4) is 0 Å². The largest absolute Gasteiger partial charge is 0.456 e. The Bertz CT molecular complexity index is 1050. The summed E-state index contributed by atoms with van der Waals surface area (Å²) in [6, 6.07) is 16.6. The van der Waals surface area contributed by atoms with E-state index in [0.29, 0.717) is 23.8 Å². The van der Waals surface area contributed by atoms with Gasteiger partial charge in [-0.25, -0.2) is 0 Å². The molecule has 2 aromatic carbocycles. The Morgan fingerprint density at radius 2 is 1.87 bits per heavy atom. The third kappa shape index (κ3) is 6.01. The number of hydrogen-bond donors (Lipinski definition) is 1. The van der Waals surface area contributed by atoms with Gasteiger partial charge >= 0.3 is 5.97 Å². The van der Waals surface area contributed by atoms with Crippen LogP contribution < -0.4 is 5.32 Å². The van der Waals surface area contributed by atoms with Crippen LogP contribution in [0.5, 0.6) is 0 Å². The van der Waals surface area contributed by atoms with Crippen molar-refractivity contribution < 1.29 is 18.8 Å². The van der Waals surface area contributed by atoms with Crippen molar-refractivity contribution >= 4 is 17.6 Å². The van der Waals surface area contributed by atoms with Crippen molar-refractivity contribution in [2.24, 2.45) is 0 Å². The van der Waals surface area contributed by atoms with Gasteiger partial charge in [-0.3, -0.25) is 9.59 Å². The molecule has 0 spiro atoms. The van der Waals surface area contributed by atoms with Gasteiger partial charge in [-0.05, 0) is 24.6 Å². The number of nitrogens with one attached hydrogen (secondary N) is 1. The second-order valence-corrected chi connectivity index (χ2v) is 6.62. The number of aromatic nitrogens is 2. The SMILES string of the molecule is Cc1ccc(-c2noc(CCC(=O)OCC(=O)Nc3ccc(CC#N)cc3)n2)cc1. The molecule has 0 aliphatic heterocycles. The van der Waals surface area contributed by atoms with Crippen LogP contribution in [0.25, 0.3) is 11.4 Å². The minimum absolute atomic E-state index is 0.0195. The number of ether oxygens (including phenoxy) is 1. The molecule has 0 unspecified atom stereocenters. The van der Waals surface area contributed by atoms with Gasteiger partial charge in [0.1, 0.15) is 0 Å².